The molecule has 1 N–H and O–H groups in total. The van der Waals surface area contributed by atoms with Crippen molar-refractivity contribution in [2.24, 2.45) is 11.0 Å². The molecular formula is C19H24N6OS. The fraction of sp³-hybridized carbons (Fsp3) is 0.368. The van der Waals surface area contributed by atoms with Crippen molar-refractivity contribution in [3.63, 3.8) is 0 Å². The maximum absolute atomic E-state index is 5.74. The van der Waals surface area contributed by atoms with Gasteiger partial charge in [0.2, 0.25) is 4.77 Å². The van der Waals surface area contributed by atoms with Gasteiger partial charge in [-0.15, -0.1) is 5.10 Å². The Hall–Kier alpha value is -2.74. The van der Waals surface area contributed by atoms with E-state index in [-0.39, 0.29) is 0 Å². The van der Waals surface area contributed by atoms with Crippen LogP contribution in [0.15, 0.2) is 35.4 Å². The van der Waals surface area contributed by atoms with Crippen LogP contribution in [0.4, 0.5) is 0 Å². The van der Waals surface area contributed by atoms with Crippen LogP contribution in [0.25, 0.3) is 5.95 Å². The average molecular weight is 385 g/mol. The number of rotatable bonds is 7. The minimum atomic E-state index is 0.405. The molecule has 3 rings (SSSR count). The normalized spacial score (nSPS) is 11.6. The zero-order valence-electron chi connectivity index (χ0n) is 16.0. The topological polar surface area (TPSA) is 73.0 Å². The SMILES string of the molecule is Cc1cc(C)n(-c2n[nH]c(=S)n2/N=C\c2ccc(OCCC(C)C)cc2)n1. The molecule has 3 aromatic rings. The minimum Gasteiger partial charge on any atom is -0.494 e. The van der Waals surface area contributed by atoms with Gasteiger partial charge in [0.15, 0.2) is 0 Å². The first kappa shape index (κ1) is 19.0. The number of ether oxygens (including phenoxy) is 1. The van der Waals surface area contributed by atoms with E-state index in [1.54, 1.807) is 15.6 Å². The third kappa shape index (κ3) is 4.71. The molecule has 7 nitrogen and oxygen atoms in total. The summed E-state index contributed by atoms with van der Waals surface area (Å²) in [5.74, 6) is 2.01. The number of nitrogens with zero attached hydrogens (tertiary/aromatic N) is 5. The van der Waals surface area contributed by atoms with Gasteiger partial charge in [-0.3, -0.25) is 0 Å². The van der Waals surface area contributed by atoms with Gasteiger partial charge in [-0.25, -0.2) is 9.78 Å². The van der Waals surface area contributed by atoms with E-state index in [4.69, 9.17) is 17.0 Å². The van der Waals surface area contributed by atoms with E-state index in [0.29, 0.717) is 16.6 Å². The summed E-state index contributed by atoms with van der Waals surface area (Å²) in [5, 5.41) is 15.9. The van der Waals surface area contributed by atoms with Crippen LogP contribution in [-0.4, -0.2) is 37.5 Å². The first-order chi connectivity index (χ1) is 12.9. The lowest BCUT2D eigenvalue weighted by Crippen LogP contribution is -2.07. The monoisotopic (exact) mass is 384 g/mol. The van der Waals surface area contributed by atoms with Gasteiger partial charge in [0.05, 0.1) is 18.5 Å². The summed E-state index contributed by atoms with van der Waals surface area (Å²) in [6.45, 7) is 8.99. The van der Waals surface area contributed by atoms with Crippen LogP contribution in [0.2, 0.25) is 0 Å². The standard InChI is InChI=1S/C19H24N6OS/c1-13(2)9-10-26-17-7-5-16(6-8-17)12-20-25-18(21-22-19(25)27)24-15(4)11-14(3)23-24/h5-8,11-13H,9-10H2,1-4H3,(H,22,27)/b20-12-. The van der Waals surface area contributed by atoms with Crippen molar-refractivity contribution in [1.82, 2.24) is 24.7 Å². The molecule has 0 aliphatic carbocycles. The molecule has 0 amide bonds. The minimum absolute atomic E-state index is 0.405. The maximum atomic E-state index is 5.74. The molecule has 27 heavy (non-hydrogen) atoms. The van der Waals surface area contributed by atoms with Crippen molar-refractivity contribution in [2.75, 3.05) is 6.61 Å². The van der Waals surface area contributed by atoms with Gasteiger partial charge in [0.1, 0.15) is 5.75 Å². The summed E-state index contributed by atoms with van der Waals surface area (Å²) in [4.78, 5) is 0. The summed E-state index contributed by atoms with van der Waals surface area (Å²) < 4.78 is 9.42. The largest absolute Gasteiger partial charge is 0.494 e. The highest BCUT2D eigenvalue weighted by molar-refractivity contribution is 7.71. The smallest absolute Gasteiger partial charge is 0.271 e. The van der Waals surface area contributed by atoms with Crippen molar-refractivity contribution in [3.8, 4) is 11.7 Å². The molecule has 0 bridgehead atoms. The third-order valence-electron chi connectivity index (χ3n) is 4.00. The van der Waals surface area contributed by atoms with E-state index in [9.17, 15) is 0 Å². The number of aromatic nitrogens is 5. The van der Waals surface area contributed by atoms with Crippen LogP contribution in [0.1, 0.15) is 37.2 Å². The Morgan fingerprint density at radius 3 is 2.63 bits per heavy atom. The first-order valence-electron chi connectivity index (χ1n) is 8.92. The Labute approximate surface area is 163 Å². The molecule has 142 valence electrons. The Morgan fingerprint density at radius 1 is 1.26 bits per heavy atom. The molecule has 0 saturated carbocycles. The number of aromatic amines is 1. The summed E-state index contributed by atoms with van der Waals surface area (Å²) in [6.07, 6.45) is 2.77. The second-order valence-electron chi connectivity index (χ2n) is 6.82. The van der Waals surface area contributed by atoms with Gasteiger partial charge >= 0.3 is 0 Å². The maximum Gasteiger partial charge on any atom is 0.271 e. The molecule has 0 saturated heterocycles. The van der Waals surface area contributed by atoms with Gasteiger partial charge in [-0.05, 0) is 74.3 Å². The lowest BCUT2D eigenvalue weighted by atomic mass is 10.1. The Morgan fingerprint density at radius 2 is 2.00 bits per heavy atom. The van der Waals surface area contributed by atoms with Crippen LogP contribution < -0.4 is 4.74 Å². The highest BCUT2D eigenvalue weighted by Gasteiger charge is 2.11. The predicted molar refractivity (Wildman–Crippen MR) is 108 cm³/mol. The molecule has 2 aromatic heterocycles. The number of nitrogens with one attached hydrogen (secondary N) is 1. The zero-order chi connectivity index (χ0) is 19.4. The third-order valence-corrected chi connectivity index (χ3v) is 4.26. The predicted octanol–water partition coefficient (Wildman–Crippen LogP) is 4.05. The molecule has 0 aliphatic heterocycles. The van der Waals surface area contributed by atoms with Gasteiger partial charge < -0.3 is 4.74 Å². The number of hydrogen-bond donors (Lipinski definition) is 1. The van der Waals surface area contributed by atoms with Crippen molar-refractivity contribution >= 4 is 18.4 Å². The summed E-state index contributed by atoms with van der Waals surface area (Å²) >= 11 is 5.30. The molecule has 0 radical (unpaired) electrons. The molecule has 0 spiro atoms. The number of hydrogen-bond acceptors (Lipinski definition) is 5. The Kier molecular flexibility index (Phi) is 5.85. The lowest BCUT2D eigenvalue weighted by Gasteiger charge is -2.08. The zero-order valence-corrected chi connectivity index (χ0v) is 16.8. The summed E-state index contributed by atoms with van der Waals surface area (Å²) in [7, 11) is 0. The van der Waals surface area contributed by atoms with Crippen molar-refractivity contribution in [3.05, 3.63) is 52.1 Å². The van der Waals surface area contributed by atoms with E-state index in [0.717, 1.165) is 35.7 Å². The average Bonchev–Trinajstić information content (AvgIpc) is 3.15. The van der Waals surface area contributed by atoms with Gasteiger partial charge in [-0.2, -0.15) is 14.9 Å². The quantitative estimate of drug-likeness (QED) is 0.493. The van der Waals surface area contributed by atoms with Gasteiger partial charge in [0, 0.05) is 5.69 Å². The number of H-pyrrole nitrogens is 1. The molecule has 0 unspecified atom stereocenters. The van der Waals surface area contributed by atoms with Crippen LogP contribution in [0, 0.1) is 24.5 Å². The second-order valence-corrected chi connectivity index (χ2v) is 7.21. The highest BCUT2D eigenvalue weighted by atomic mass is 32.1. The fourth-order valence-corrected chi connectivity index (χ4v) is 2.72. The van der Waals surface area contributed by atoms with Gasteiger partial charge in [-0.1, -0.05) is 13.8 Å². The fourth-order valence-electron chi connectivity index (χ4n) is 2.54. The first-order valence-corrected chi connectivity index (χ1v) is 9.33. The van der Waals surface area contributed by atoms with Crippen molar-refractivity contribution in [2.45, 2.75) is 34.1 Å². The second kappa shape index (κ2) is 8.30. The molecule has 0 fully saturated rings. The van der Waals surface area contributed by atoms with E-state index >= 15 is 0 Å². The Bertz CT molecular complexity index is 981. The van der Waals surface area contributed by atoms with E-state index in [1.165, 1.54) is 0 Å². The van der Waals surface area contributed by atoms with Crippen LogP contribution in [0.5, 0.6) is 5.75 Å². The lowest BCUT2D eigenvalue weighted by molar-refractivity contribution is 0.289. The molecule has 0 atom stereocenters. The van der Waals surface area contributed by atoms with Crippen molar-refractivity contribution in [1.29, 1.82) is 0 Å². The highest BCUT2D eigenvalue weighted by Crippen LogP contribution is 2.13. The molecule has 8 heteroatoms. The summed E-state index contributed by atoms with van der Waals surface area (Å²) in [6, 6.07) is 9.78. The van der Waals surface area contributed by atoms with Crippen LogP contribution in [0.3, 0.4) is 0 Å². The van der Waals surface area contributed by atoms with E-state index < -0.39 is 0 Å². The Balaban J connectivity index is 1.76. The molecule has 2 heterocycles. The molecule has 0 aliphatic rings. The van der Waals surface area contributed by atoms with Crippen LogP contribution in [-0.2, 0) is 0 Å². The van der Waals surface area contributed by atoms with Crippen molar-refractivity contribution < 1.29 is 4.74 Å². The summed E-state index contributed by atoms with van der Waals surface area (Å²) in [5.41, 5.74) is 2.81. The van der Waals surface area contributed by atoms with Crippen LogP contribution >= 0.6 is 12.2 Å². The number of aryl methyl sites for hydroxylation is 2. The van der Waals surface area contributed by atoms with E-state index in [1.807, 2.05) is 44.2 Å². The molecule has 1 aromatic carbocycles. The van der Waals surface area contributed by atoms with Gasteiger partial charge in [0.25, 0.3) is 5.95 Å². The number of benzene rings is 1. The molecular weight excluding hydrogens is 360 g/mol. The van der Waals surface area contributed by atoms with E-state index in [2.05, 4.69) is 34.2 Å².